The van der Waals surface area contributed by atoms with Crippen LogP contribution in [0, 0.1) is 0 Å². The van der Waals surface area contributed by atoms with Crippen LogP contribution in [0.2, 0.25) is 0 Å². The van der Waals surface area contributed by atoms with Crippen molar-refractivity contribution in [2.75, 3.05) is 0 Å². The van der Waals surface area contributed by atoms with Crippen LogP contribution in [0.4, 0.5) is 0 Å². The van der Waals surface area contributed by atoms with Gasteiger partial charge in [0.1, 0.15) is 0 Å². The third-order valence-electron chi connectivity index (χ3n) is 8.02. The van der Waals surface area contributed by atoms with Crippen molar-refractivity contribution in [1.82, 2.24) is 0 Å². The molecular formula is C28H34B2O4Te. The molecule has 0 spiro atoms. The average molecular weight is 584 g/mol. The summed E-state index contributed by atoms with van der Waals surface area (Å²) in [6, 6.07) is 21.2. The molecule has 3 aromatic rings. The summed E-state index contributed by atoms with van der Waals surface area (Å²) >= 11 is -0.898. The summed E-state index contributed by atoms with van der Waals surface area (Å²) in [5.41, 5.74) is 3.16. The molecule has 2 fully saturated rings. The van der Waals surface area contributed by atoms with Crippen LogP contribution in [-0.2, 0) is 18.6 Å². The van der Waals surface area contributed by atoms with E-state index in [2.05, 4.69) is 116 Å². The second kappa shape index (κ2) is 8.62. The second-order valence-electron chi connectivity index (χ2n) is 11.5. The zero-order chi connectivity index (χ0) is 25.2. The molecule has 5 rings (SSSR count). The minimum absolute atomic E-state index is 0.392. The molecule has 1 aromatic heterocycles. The molecule has 0 atom stereocenters. The Hall–Kier alpha value is -1.32. The second-order valence-corrected chi connectivity index (χ2v) is 14.6. The predicted molar refractivity (Wildman–Crippen MR) is 146 cm³/mol. The molecule has 35 heavy (non-hydrogen) atoms. The fourth-order valence-electron chi connectivity index (χ4n) is 4.48. The Balaban J connectivity index is 1.76. The normalized spacial score (nSPS) is 22.1. The summed E-state index contributed by atoms with van der Waals surface area (Å²) in [7, 11) is -0.785. The molecular weight excluding hydrogens is 550 g/mol. The van der Waals surface area contributed by atoms with Crippen molar-refractivity contribution in [2.24, 2.45) is 0 Å². The van der Waals surface area contributed by atoms with E-state index in [1.807, 2.05) is 0 Å². The van der Waals surface area contributed by atoms with Crippen molar-refractivity contribution >= 4 is 41.6 Å². The molecule has 0 unspecified atom stereocenters. The summed E-state index contributed by atoms with van der Waals surface area (Å²) in [6.45, 7) is 16.9. The third-order valence-corrected chi connectivity index (χ3v) is 11.5. The molecule has 0 N–H and O–H groups in total. The molecule has 4 nitrogen and oxygen atoms in total. The van der Waals surface area contributed by atoms with Crippen molar-refractivity contribution in [1.29, 1.82) is 0 Å². The van der Waals surface area contributed by atoms with Gasteiger partial charge in [-0.1, -0.05) is 0 Å². The van der Waals surface area contributed by atoms with Gasteiger partial charge in [0.15, 0.2) is 0 Å². The topological polar surface area (TPSA) is 36.9 Å². The fourth-order valence-corrected chi connectivity index (χ4v) is 8.09. The monoisotopic (exact) mass is 586 g/mol. The molecule has 2 aromatic carbocycles. The van der Waals surface area contributed by atoms with Gasteiger partial charge in [-0.05, 0) is 0 Å². The predicted octanol–water partition coefficient (Wildman–Crippen LogP) is 4.68. The van der Waals surface area contributed by atoms with Crippen LogP contribution in [0.15, 0.2) is 60.7 Å². The molecule has 0 radical (unpaired) electrons. The van der Waals surface area contributed by atoms with Gasteiger partial charge in [0.05, 0.1) is 0 Å². The first-order chi connectivity index (χ1) is 16.3. The summed E-state index contributed by atoms with van der Waals surface area (Å²) in [5, 5.41) is 0. The van der Waals surface area contributed by atoms with Crippen LogP contribution in [-0.4, -0.2) is 57.1 Å². The number of hydrogen-bond donors (Lipinski definition) is 0. The third kappa shape index (κ3) is 4.29. The van der Waals surface area contributed by atoms with E-state index in [-0.39, 0.29) is 0 Å². The molecule has 0 saturated carbocycles. The molecule has 2 saturated heterocycles. The van der Waals surface area contributed by atoms with E-state index in [1.165, 1.54) is 29.2 Å². The first-order valence-corrected chi connectivity index (χ1v) is 14.6. The summed E-state index contributed by atoms with van der Waals surface area (Å²) < 4.78 is 29.0. The molecule has 7 heteroatoms. The number of rotatable bonds is 4. The van der Waals surface area contributed by atoms with E-state index in [0.717, 1.165) is 0 Å². The maximum atomic E-state index is 6.62. The standard InChI is InChI=1S/C28H34B2O4Te/c1-25(2)26(3,4)32-29(31-25)23-21(19-15-11-9-12-16-19)22(20-17-13-10-14-18-20)24(35-23)30-33-27(5,6)28(7,8)34-30/h9-18H,1-8H3. The minimum atomic E-state index is -0.898. The Morgan fingerprint density at radius 2 is 0.771 bits per heavy atom. The van der Waals surface area contributed by atoms with Gasteiger partial charge in [0.2, 0.25) is 0 Å². The van der Waals surface area contributed by atoms with E-state index < -0.39 is 57.1 Å². The van der Waals surface area contributed by atoms with Gasteiger partial charge in [0.25, 0.3) is 0 Å². The summed E-state index contributed by atoms with van der Waals surface area (Å²) in [6.07, 6.45) is 0. The summed E-state index contributed by atoms with van der Waals surface area (Å²) in [4.78, 5) is 0. The molecule has 2 aliphatic rings. The zero-order valence-corrected chi connectivity index (χ0v) is 24.3. The Bertz CT molecular complexity index is 1090. The van der Waals surface area contributed by atoms with E-state index in [1.54, 1.807) is 0 Å². The SMILES string of the molecule is CC1(C)OB(c2[te]c(B3OC(C)(C)C(C)(C)O3)c(-c3ccccc3)c2-c2ccccc2)OC1(C)C. The van der Waals surface area contributed by atoms with E-state index in [4.69, 9.17) is 18.6 Å². The Kier molecular flexibility index (Phi) is 6.24. The Labute approximate surface area is 220 Å². The molecule has 2 aliphatic heterocycles. The van der Waals surface area contributed by atoms with Crippen LogP contribution < -0.4 is 6.96 Å². The quantitative estimate of drug-likeness (QED) is 0.419. The van der Waals surface area contributed by atoms with Crippen molar-refractivity contribution in [3.8, 4) is 22.3 Å². The van der Waals surface area contributed by atoms with Gasteiger partial charge < -0.3 is 0 Å². The van der Waals surface area contributed by atoms with Gasteiger partial charge in [-0.25, -0.2) is 0 Å². The van der Waals surface area contributed by atoms with Crippen molar-refractivity contribution in [2.45, 2.75) is 77.8 Å². The van der Waals surface area contributed by atoms with Gasteiger partial charge in [-0.15, -0.1) is 0 Å². The van der Waals surface area contributed by atoms with Crippen LogP contribution in [0.1, 0.15) is 55.4 Å². The summed E-state index contributed by atoms with van der Waals surface area (Å²) in [5.74, 6) is 0. The van der Waals surface area contributed by atoms with Crippen molar-refractivity contribution in [3.63, 3.8) is 0 Å². The van der Waals surface area contributed by atoms with E-state index >= 15 is 0 Å². The number of benzene rings is 2. The van der Waals surface area contributed by atoms with Crippen LogP contribution in [0.25, 0.3) is 22.3 Å². The number of hydrogen-bond acceptors (Lipinski definition) is 4. The van der Waals surface area contributed by atoms with Gasteiger partial charge in [-0.2, -0.15) is 0 Å². The van der Waals surface area contributed by atoms with Crippen LogP contribution >= 0.6 is 0 Å². The average Bonchev–Trinajstić information content (AvgIpc) is 3.36. The molecule has 0 amide bonds. The Morgan fingerprint density at radius 3 is 1.06 bits per heavy atom. The molecule has 0 aliphatic carbocycles. The molecule has 3 heterocycles. The first kappa shape index (κ1) is 25.3. The van der Waals surface area contributed by atoms with Gasteiger partial charge >= 0.3 is 221 Å². The fraction of sp³-hybridized carbons (Fsp3) is 0.429. The van der Waals surface area contributed by atoms with Gasteiger partial charge in [-0.3, -0.25) is 0 Å². The van der Waals surface area contributed by atoms with E-state index in [0.29, 0.717) is 0 Å². The van der Waals surface area contributed by atoms with Crippen molar-refractivity contribution in [3.05, 3.63) is 60.7 Å². The van der Waals surface area contributed by atoms with E-state index in [9.17, 15) is 0 Å². The molecule has 182 valence electrons. The Morgan fingerprint density at radius 1 is 0.486 bits per heavy atom. The van der Waals surface area contributed by atoms with Crippen LogP contribution in [0.3, 0.4) is 0 Å². The maximum absolute atomic E-state index is 6.62. The first-order valence-electron chi connectivity index (χ1n) is 12.3. The zero-order valence-electron chi connectivity index (χ0n) is 22.0. The van der Waals surface area contributed by atoms with Gasteiger partial charge in [0, 0.05) is 0 Å². The van der Waals surface area contributed by atoms with Crippen molar-refractivity contribution < 1.29 is 18.6 Å². The molecule has 0 bridgehead atoms. The van der Waals surface area contributed by atoms with Crippen LogP contribution in [0.5, 0.6) is 0 Å².